The van der Waals surface area contributed by atoms with Crippen molar-refractivity contribution in [1.29, 1.82) is 0 Å². The van der Waals surface area contributed by atoms with Crippen LogP contribution in [0.25, 0.3) is 22.2 Å². The topological polar surface area (TPSA) is 62.2 Å². The molecule has 1 saturated heterocycles. The monoisotopic (exact) mass is 461 g/mol. The number of carbonyl (C=O) groups excluding carboxylic acids is 1. The molecule has 33 heavy (non-hydrogen) atoms. The van der Waals surface area contributed by atoms with E-state index in [2.05, 4.69) is 20.1 Å². The summed E-state index contributed by atoms with van der Waals surface area (Å²) in [5, 5.41) is 9.87. The molecule has 1 aliphatic rings. The van der Waals surface area contributed by atoms with Gasteiger partial charge in [0.1, 0.15) is 17.0 Å². The maximum Gasteiger partial charge on any atom is 0.253 e. The van der Waals surface area contributed by atoms with Crippen LogP contribution in [-0.4, -0.2) is 51.7 Å². The number of halogens is 2. The second kappa shape index (κ2) is 8.75. The fraction of sp³-hybridized carbons (Fsp3) is 0.200. The number of fused-ring (bicyclic) bond motifs is 1. The number of anilines is 1. The Balaban J connectivity index is 1.47. The van der Waals surface area contributed by atoms with Crippen LogP contribution in [0.1, 0.15) is 17.3 Å². The highest BCUT2D eigenvalue weighted by Crippen LogP contribution is 2.33. The summed E-state index contributed by atoms with van der Waals surface area (Å²) in [5.74, 6) is 0.184. The van der Waals surface area contributed by atoms with Gasteiger partial charge in [0.2, 0.25) is 0 Å². The Kier molecular flexibility index (Phi) is 5.64. The van der Waals surface area contributed by atoms with Crippen LogP contribution >= 0.6 is 11.6 Å². The lowest BCUT2D eigenvalue weighted by Gasteiger charge is -2.40. The first-order chi connectivity index (χ1) is 16.0. The maximum absolute atomic E-state index is 14.6. The smallest absolute Gasteiger partial charge is 0.253 e. The number of benzene rings is 2. The first-order valence-corrected chi connectivity index (χ1v) is 11.1. The molecule has 0 spiro atoms. The van der Waals surface area contributed by atoms with Gasteiger partial charge in [-0.25, -0.2) is 4.39 Å². The van der Waals surface area contributed by atoms with Gasteiger partial charge in [-0.1, -0.05) is 29.8 Å². The summed E-state index contributed by atoms with van der Waals surface area (Å²) in [5.41, 5.74) is 2.07. The number of piperazine rings is 1. The number of amides is 1. The van der Waals surface area contributed by atoms with Gasteiger partial charge in [-0.2, -0.15) is 0 Å². The normalized spacial score (nSPS) is 16.3. The molecule has 1 unspecified atom stereocenters. The molecule has 8 heteroatoms. The second-order valence-corrected chi connectivity index (χ2v) is 8.49. The molecule has 1 amide bonds. The number of aromatic nitrogens is 3. The third-order valence-electron chi connectivity index (χ3n) is 5.91. The zero-order chi connectivity index (χ0) is 22.9. The number of rotatable bonds is 3. The SMILES string of the molecule is CC1CN(C(=O)c2ccccc2)CCN1c1nnc(-c2ccc(Cl)cc2F)c2cccnc12. The van der Waals surface area contributed by atoms with Gasteiger partial charge in [0, 0.05) is 53.4 Å². The van der Waals surface area contributed by atoms with E-state index >= 15 is 0 Å². The van der Waals surface area contributed by atoms with E-state index in [0.717, 1.165) is 0 Å². The van der Waals surface area contributed by atoms with Crippen LogP contribution in [0.2, 0.25) is 5.02 Å². The molecule has 5 rings (SSSR count). The summed E-state index contributed by atoms with van der Waals surface area (Å²) >= 11 is 5.92. The predicted octanol–water partition coefficient (Wildman–Crippen LogP) is 4.84. The molecule has 6 nitrogen and oxygen atoms in total. The Morgan fingerprint density at radius 3 is 2.64 bits per heavy atom. The van der Waals surface area contributed by atoms with Crippen molar-refractivity contribution >= 4 is 34.2 Å². The van der Waals surface area contributed by atoms with Gasteiger partial charge in [-0.15, -0.1) is 10.2 Å². The number of nitrogens with zero attached hydrogens (tertiary/aromatic N) is 5. The van der Waals surface area contributed by atoms with Crippen molar-refractivity contribution in [3.8, 4) is 11.3 Å². The first kappa shape index (κ1) is 21.3. The molecule has 0 bridgehead atoms. The average Bonchev–Trinajstić information content (AvgIpc) is 2.84. The third-order valence-corrected chi connectivity index (χ3v) is 6.15. The van der Waals surface area contributed by atoms with Gasteiger partial charge in [-0.3, -0.25) is 9.78 Å². The van der Waals surface area contributed by atoms with E-state index in [0.29, 0.717) is 58.2 Å². The third kappa shape index (κ3) is 4.00. The van der Waals surface area contributed by atoms with Crippen molar-refractivity contribution in [1.82, 2.24) is 20.1 Å². The Labute approximate surface area is 195 Å². The van der Waals surface area contributed by atoms with E-state index in [1.807, 2.05) is 48.2 Å². The highest BCUT2D eigenvalue weighted by atomic mass is 35.5. The minimum Gasteiger partial charge on any atom is -0.347 e. The minimum atomic E-state index is -0.462. The molecular weight excluding hydrogens is 441 g/mol. The van der Waals surface area contributed by atoms with E-state index < -0.39 is 5.82 Å². The lowest BCUT2D eigenvalue weighted by molar-refractivity contribution is 0.0726. The summed E-state index contributed by atoms with van der Waals surface area (Å²) in [6.07, 6.45) is 1.69. The van der Waals surface area contributed by atoms with E-state index in [4.69, 9.17) is 11.6 Å². The fourth-order valence-corrected chi connectivity index (χ4v) is 4.43. The Morgan fingerprint density at radius 1 is 1.06 bits per heavy atom. The van der Waals surface area contributed by atoms with Gasteiger partial charge in [0.05, 0.1) is 0 Å². The standard InChI is InChI=1S/C25H21ClFN5O/c1-16-15-31(25(33)17-6-3-2-4-7-17)12-13-32(16)24-23-20(8-5-11-28-23)22(29-30-24)19-10-9-18(26)14-21(19)27/h2-11,14,16H,12-13,15H2,1H3. The van der Waals surface area contributed by atoms with Crippen molar-refractivity contribution in [3.05, 3.63) is 83.3 Å². The molecule has 1 fully saturated rings. The Morgan fingerprint density at radius 2 is 1.88 bits per heavy atom. The van der Waals surface area contributed by atoms with Gasteiger partial charge in [0.15, 0.2) is 5.82 Å². The Bertz CT molecular complexity index is 1330. The number of hydrogen-bond donors (Lipinski definition) is 0. The molecule has 1 atom stereocenters. The molecule has 3 heterocycles. The van der Waals surface area contributed by atoms with E-state index in [-0.39, 0.29) is 11.9 Å². The fourth-order valence-electron chi connectivity index (χ4n) is 4.27. The van der Waals surface area contributed by atoms with Gasteiger partial charge in [0.25, 0.3) is 5.91 Å². The van der Waals surface area contributed by atoms with Crippen LogP contribution in [-0.2, 0) is 0 Å². The molecule has 2 aromatic carbocycles. The second-order valence-electron chi connectivity index (χ2n) is 8.06. The van der Waals surface area contributed by atoms with Crippen molar-refractivity contribution in [3.63, 3.8) is 0 Å². The molecule has 4 aromatic rings. The number of hydrogen-bond acceptors (Lipinski definition) is 5. The summed E-state index contributed by atoms with van der Waals surface area (Å²) in [7, 11) is 0. The highest BCUT2D eigenvalue weighted by molar-refractivity contribution is 6.30. The van der Waals surface area contributed by atoms with Crippen molar-refractivity contribution in [2.75, 3.05) is 24.5 Å². The zero-order valence-electron chi connectivity index (χ0n) is 17.9. The molecule has 0 saturated carbocycles. The zero-order valence-corrected chi connectivity index (χ0v) is 18.7. The highest BCUT2D eigenvalue weighted by Gasteiger charge is 2.30. The van der Waals surface area contributed by atoms with Crippen LogP contribution in [0.4, 0.5) is 10.2 Å². The largest absolute Gasteiger partial charge is 0.347 e. The number of carbonyl (C=O) groups is 1. The maximum atomic E-state index is 14.6. The molecule has 0 N–H and O–H groups in total. The van der Waals surface area contributed by atoms with E-state index in [9.17, 15) is 9.18 Å². The van der Waals surface area contributed by atoms with Gasteiger partial charge in [-0.05, 0) is 49.4 Å². The van der Waals surface area contributed by atoms with Crippen LogP contribution < -0.4 is 4.90 Å². The molecule has 166 valence electrons. The van der Waals surface area contributed by atoms with E-state index in [1.165, 1.54) is 6.07 Å². The number of pyridine rings is 1. The van der Waals surface area contributed by atoms with E-state index in [1.54, 1.807) is 24.4 Å². The average molecular weight is 462 g/mol. The molecule has 1 aliphatic heterocycles. The lowest BCUT2D eigenvalue weighted by atomic mass is 10.1. The molecule has 0 radical (unpaired) electrons. The van der Waals surface area contributed by atoms with Crippen LogP contribution in [0.5, 0.6) is 0 Å². The lowest BCUT2D eigenvalue weighted by Crippen LogP contribution is -2.54. The predicted molar refractivity (Wildman–Crippen MR) is 127 cm³/mol. The summed E-state index contributed by atoms with van der Waals surface area (Å²) in [4.78, 5) is 21.4. The van der Waals surface area contributed by atoms with Crippen LogP contribution in [0.3, 0.4) is 0 Å². The quantitative estimate of drug-likeness (QED) is 0.437. The van der Waals surface area contributed by atoms with Crippen molar-refractivity contribution < 1.29 is 9.18 Å². The minimum absolute atomic E-state index is 0.00374. The summed E-state index contributed by atoms with van der Waals surface area (Å²) in [6.45, 7) is 3.75. The molecule has 2 aromatic heterocycles. The van der Waals surface area contributed by atoms with Gasteiger partial charge < -0.3 is 9.80 Å². The van der Waals surface area contributed by atoms with Crippen LogP contribution in [0.15, 0.2) is 66.9 Å². The molecular formula is C25H21ClFN5O. The van der Waals surface area contributed by atoms with Crippen LogP contribution in [0, 0.1) is 5.82 Å². The van der Waals surface area contributed by atoms with Gasteiger partial charge >= 0.3 is 0 Å². The van der Waals surface area contributed by atoms with Crippen molar-refractivity contribution in [2.45, 2.75) is 13.0 Å². The molecule has 0 aliphatic carbocycles. The van der Waals surface area contributed by atoms with Crippen molar-refractivity contribution in [2.24, 2.45) is 0 Å². The summed E-state index contributed by atoms with van der Waals surface area (Å²) in [6, 6.07) is 17.4. The Hall–Kier alpha value is -3.58. The first-order valence-electron chi connectivity index (χ1n) is 10.7. The summed E-state index contributed by atoms with van der Waals surface area (Å²) < 4.78 is 14.6.